The molecule has 0 amide bonds. The van der Waals surface area contributed by atoms with E-state index in [2.05, 4.69) is 5.32 Å². The van der Waals surface area contributed by atoms with E-state index >= 15 is 0 Å². The van der Waals surface area contributed by atoms with E-state index in [0.29, 0.717) is 11.5 Å². The van der Waals surface area contributed by atoms with Crippen LogP contribution in [0.2, 0.25) is 0 Å². The molecule has 1 aromatic carbocycles. The summed E-state index contributed by atoms with van der Waals surface area (Å²) in [7, 11) is 0. The highest BCUT2D eigenvalue weighted by Crippen LogP contribution is 2.52. The summed E-state index contributed by atoms with van der Waals surface area (Å²) in [6.07, 6.45) is 9.60. The maximum absolute atomic E-state index is 13.1. The Morgan fingerprint density at radius 3 is 2.56 bits per heavy atom. The molecule has 1 aromatic rings. The molecule has 1 atom stereocenters. The number of hydrogen-bond donors (Lipinski definition) is 1. The number of benzene rings is 1. The number of anilines is 1. The van der Waals surface area contributed by atoms with Crippen LogP contribution < -0.4 is 5.32 Å². The van der Waals surface area contributed by atoms with Gasteiger partial charge in [-0.2, -0.15) is 0 Å². The van der Waals surface area contributed by atoms with Gasteiger partial charge in [0.15, 0.2) is 0 Å². The number of halogens is 1. The van der Waals surface area contributed by atoms with Gasteiger partial charge in [0.05, 0.1) is 0 Å². The van der Waals surface area contributed by atoms with Gasteiger partial charge in [-0.1, -0.05) is 19.3 Å². The largest absolute Gasteiger partial charge is 0.382 e. The van der Waals surface area contributed by atoms with Crippen LogP contribution in [-0.4, -0.2) is 6.04 Å². The van der Waals surface area contributed by atoms with Gasteiger partial charge in [0.2, 0.25) is 0 Å². The van der Waals surface area contributed by atoms with Crippen LogP contribution in [0.4, 0.5) is 10.1 Å². The molecule has 98 valence electrons. The molecule has 2 aliphatic rings. The Morgan fingerprint density at radius 1 is 1.17 bits per heavy atom. The standard InChI is InChI=1S/C16H22FN/c1-12-11-13(17)5-6-14(12)18-15-7-10-16(15)8-3-2-4-9-16/h5-6,11,15,18H,2-4,7-10H2,1H3. The summed E-state index contributed by atoms with van der Waals surface area (Å²) in [4.78, 5) is 0. The van der Waals surface area contributed by atoms with Crippen LogP contribution in [0.1, 0.15) is 50.5 Å². The molecule has 2 saturated carbocycles. The van der Waals surface area contributed by atoms with Gasteiger partial charge in [0.1, 0.15) is 5.82 Å². The molecule has 0 heterocycles. The molecule has 1 unspecified atom stereocenters. The number of rotatable bonds is 2. The fourth-order valence-corrected chi connectivity index (χ4v) is 3.75. The summed E-state index contributed by atoms with van der Waals surface area (Å²) in [6, 6.07) is 5.68. The number of aryl methyl sites for hydroxylation is 1. The van der Waals surface area contributed by atoms with Gasteiger partial charge in [-0.25, -0.2) is 4.39 Å². The van der Waals surface area contributed by atoms with Gasteiger partial charge in [-0.15, -0.1) is 0 Å². The highest BCUT2D eigenvalue weighted by Gasteiger charge is 2.46. The third kappa shape index (κ3) is 2.02. The number of hydrogen-bond acceptors (Lipinski definition) is 1. The van der Waals surface area contributed by atoms with Crippen molar-refractivity contribution in [3.63, 3.8) is 0 Å². The molecule has 0 aliphatic heterocycles. The molecule has 1 nitrogen and oxygen atoms in total. The first-order valence-electron chi connectivity index (χ1n) is 7.22. The third-order valence-corrected chi connectivity index (χ3v) is 5.04. The summed E-state index contributed by atoms with van der Waals surface area (Å²) in [5.74, 6) is -0.140. The highest BCUT2D eigenvalue weighted by atomic mass is 19.1. The maximum atomic E-state index is 13.1. The monoisotopic (exact) mass is 247 g/mol. The maximum Gasteiger partial charge on any atom is 0.123 e. The Labute approximate surface area is 109 Å². The minimum Gasteiger partial charge on any atom is -0.382 e. The van der Waals surface area contributed by atoms with Crippen LogP contribution in [0.15, 0.2) is 18.2 Å². The zero-order valence-electron chi connectivity index (χ0n) is 11.1. The lowest BCUT2D eigenvalue weighted by atomic mass is 9.57. The van der Waals surface area contributed by atoms with Crippen molar-refractivity contribution in [2.24, 2.45) is 5.41 Å². The first-order valence-corrected chi connectivity index (χ1v) is 7.22. The van der Waals surface area contributed by atoms with E-state index in [1.807, 2.05) is 13.0 Å². The predicted molar refractivity (Wildman–Crippen MR) is 73.3 cm³/mol. The van der Waals surface area contributed by atoms with Crippen LogP contribution in [0.25, 0.3) is 0 Å². The average molecular weight is 247 g/mol. The Balaban J connectivity index is 1.72. The molecule has 2 heteroatoms. The van der Waals surface area contributed by atoms with E-state index in [-0.39, 0.29) is 5.82 Å². The van der Waals surface area contributed by atoms with E-state index < -0.39 is 0 Å². The minimum absolute atomic E-state index is 0.140. The average Bonchev–Trinajstić information content (AvgIpc) is 2.37. The topological polar surface area (TPSA) is 12.0 Å². The summed E-state index contributed by atoms with van der Waals surface area (Å²) >= 11 is 0. The lowest BCUT2D eigenvalue weighted by Crippen LogP contribution is -2.50. The van der Waals surface area contributed by atoms with Crippen molar-refractivity contribution in [2.45, 2.75) is 57.9 Å². The van der Waals surface area contributed by atoms with Crippen LogP contribution in [0.3, 0.4) is 0 Å². The quantitative estimate of drug-likeness (QED) is 0.801. The Morgan fingerprint density at radius 2 is 1.94 bits per heavy atom. The second-order valence-electron chi connectivity index (χ2n) is 6.12. The predicted octanol–water partition coefficient (Wildman–Crippen LogP) is 4.66. The Kier molecular flexibility index (Phi) is 3.04. The third-order valence-electron chi connectivity index (χ3n) is 5.04. The van der Waals surface area contributed by atoms with Gasteiger partial charge >= 0.3 is 0 Å². The van der Waals surface area contributed by atoms with Crippen molar-refractivity contribution in [1.82, 2.24) is 0 Å². The molecule has 18 heavy (non-hydrogen) atoms. The van der Waals surface area contributed by atoms with Crippen LogP contribution >= 0.6 is 0 Å². The highest BCUT2D eigenvalue weighted by molar-refractivity contribution is 5.52. The molecule has 1 spiro atoms. The van der Waals surface area contributed by atoms with Crippen molar-refractivity contribution in [3.8, 4) is 0 Å². The second-order valence-corrected chi connectivity index (χ2v) is 6.12. The fourth-order valence-electron chi connectivity index (χ4n) is 3.75. The molecule has 0 aromatic heterocycles. The summed E-state index contributed by atoms with van der Waals surface area (Å²) in [5.41, 5.74) is 2.69. The zero-order chi connectivity index (χ0) is 12.6. The van der Waals surface area contributed by atoms with Crippen LogP contribution in [-0.2, 0) is 0 Å². The number of nitrogens with one attached hydrogen (secondary N) is 1. The van der Waals surface area contributed by atoms with Crippen LogP contribution in [0, 0.1) is 18.2 Å². The lowest BCUT2D eigenvalue weighted by molar-refractivity contribution is 0.0571. The molecular formula is C16H22FN. The normalized spacial score (nSPS) is 25.8. The molecule has 0 saturated heterocycles. The van der Waals surface area contributed by atoms with Gasteiger partial charge in [0.25, 0.3) is 0 Å². The molecule has 0 radical (unpaired) electrons. The summed E-state index contributed by atoms with van der Waals surface area (Å²) in [6.45, 7) is 1.98. The molecule has 2 aliphatic carbocycles. The Bertz CT molecular complexity index is 435. The molecule has 1 N–H and O–H groups in total. The van der Waals surface area contributed by atoms with E-state index in [1.165, 1.54) is 44.9 Å². The van der Waals surface area contributed by atoms with Crippen molar-refractivity contribution in [2.75, 3.05) is 5.32 Å². The van der Waals surface area contributed by atoms with E-state index in [9.17, 15) is 4.39 Å². The minimum atomic E-state index is -0.140. The fraction of sp³-hybridized carbons (Fsp3) is 0.625. The molecule has 0 bridgehead atoms. The van der Waals surface area contributed by atoms with E-state index in [4.69, 9.17) is 0 Å². The smallest absolute Gasteiger partial charge is 0.123 e. The lowest BCUT2D eigenvalue weighted by Gasteiger charge is -2.53. The van der Waals surface area contributed by atoms with Gasteiger partial charge < -0.3 is 5.32 Å². The van der Waals surface area contributed by atoms with Gasteiger partial charge in [0, 0.05) is 11.7 Å². The first-order chi connectivity index (χ1) is 8.70. The first kappa shape index (κ1) is 12.0. The van der Waals surface area contributed by atoms with Crippen molar-refractivity contribution in [3.05, 3.63) is 29.6 Å². The van der Waals surface area contributed by atoms with E-state index in [0.717, 1.165) is 11.3 Å². The van der Waals surface area contributed by atoms with Crippen molar-refractivity contribution >= 4 is 5.69 Å². The zero-order valence-corrected chi connectivity index (χ0v) is 11.1. The summed E-state index contributed by atoms with van der Waals surface area (Å²) < 4.78 is 13.1. The van der Waals surface area contributed by atoms with Gasteiger partial charge in [-0.05, 0) is 61.8 Å². The van der Waals surface area contributed by atoms with E-state index in [1.54, 1.807) is 12.1 Å². The van der Waals surface area contributed by atoms with Crippen LogP contribution in [0.5, 0.6) is 0 Å². The summed E-state index contributed by atoms with van der Waals surface area (Å²) in [5, 5.41) is 3.67. The molecular weight excluding hydrogens is 225 g/mol. The van der Waals surface area contributed by atoms with Gasteiger partial charge in [-0.3, -0.25) is 0 Å². The molecule has 3 rings (SSSR count). The van der Waals surface area contributed by atoms with Crippen molar-refractivity contribution in [1.29, 1.82) is 0 Å². The SMILES string of the molecule is Cc1cc(F)ccc1NC1CCC12CCCCC2. The Hall–Kier alpha value is -1.05. The second kappa shape index (κ2) is 4.56. The van der Waals surface area contributed by atoms with Crippen molar-refractivity contribution < 1.29 is 4.39 Å². The molecule has 2 fully saturated rings.